The summed E-state index contributed by atoms with van der Waals surface area (Å²) in [6.45, 7) is 3.19. The first kappa shape index (κ1) is 12.5. The van der Waals surface area contributed by atoms with Gasteiger partial charge in [0, 0.05) is 23.6 Å². The Bertz CT molecular complexity index is 531. The van der Waals surface area contributed by atoms with Crippen molar-refractivity contribution in [2.24, 2.45) is 0 Å². The predicted octanol–water partition coefficient (Wildman–Crippen LogP) is 2.29. The van der Waals surface area contributed by atoms with E-state index in [2.05, 4.69) is 5.32 Å². The van der Waals surface area contributed by atoms with Gasteiger partial charge < -0.3 is 5.32 Å². The quantitative estimate of drug-likeness (QED) is 0.871. The minimum atomic E-state index is -0.330. The lowest BCUT2D eigenvalue weighted by Crippen LogP contribution is -2.33. The molecule has 1 N–H and O–H groups in total. The van der Waals surface area contributed by atoms with Gasteiger partial charge in [0.25, 0.3) is 0 Å². The number of hydrogen-bond acceptors (Lipinski definition) is 2. The van der Waals surface area contributed by atoms with E-state index in [1.54, 1.807) is 19.1 Å². The van der Waals surface area contributed by atoms with Crippen LogP contribution in [0.25, 0.3) is 0 Å². The summed E-state index contributed by atoms with van der Waals surface area (Å²) >= 11 is 0. The van der Waals surface area contributed by atoms with Crippen molar-refractivity contribution in [3.8, 4) is 0 Å². The van der Waals surface area contributed by atoms with E-state index in [1.807, 2.05) is 0 Å². The molecule has 1 aliphatic rings. The second kappa shape index (κ2) is 4.72. The lowest BCUT2D eigenvalue weighted by molar-refractivity contribution is -0.121. The molecule has 1 aliphatic heterocycles. The highest BCUT2D eigenvalue weighted by Gasteiger charge is 2.29. The van der Waals surface area contributed by atoms with Crippen LogP contribution < -0.4 is 5.32 Å². The van der Waals surface area contributed by atoms with Crippen molar-refractivity contribution in [2.45, 2.75) is 26.2 Å². The molecule has 0 bridgehead atoms. The Morgan fingerprint density at radius 3 is 2.50 bits per heavy atom. The van der Waals surface area contributed by atoms with Gasteiger partial charge in [0.05, 0.1) is 0 Å². The molecule has 0 fully saturated rings. The van der Waals surface area contributed by atoms with Crippen LogP contribution in [0.3, 0.4) is 0 Å². The third-order valence-corrected chi connectivity index (χ3v) is 3.12. The summed E-state index contributed by atoms with van der Waals surface area (Å²) in [6, 6.07) is 5.92. The van der Waals surface area contributed by atoms with Crippen LogP contribution >= 0.6 is 0 Å². The highest BCUT2D eigenvalue weighted by molar-refractivity contribution is 5.99. The highest BCUT2D eigenvalue weighted by atomic mass is 19.1. The lowest BCUT2D eigenvalue weighted by Gasteiger charge is -2.26. The van der Waals surface area contributed by atoms with Crippen LogP contribution in [-0.2, 0) is 9.59 Å². The molecular formula is C14H14FNO2. The molecule has 0 spiro atoms. The van der Waals surface area contributed by atoms with Gasteiger partial charge in [-0.15, -0.1) is 0 Å². The maximum absolute atomic E-state index is 12.9. The van der Waals surface area contributed by atoms with E-state index in [4.69, 9.17) is 0 Å². The zero-order valence-electron chi connectivity index (χ0n) is 10.3. The smallest absolute Gasteiger partial charge is 0.225 e. The molecule has 0 aliphatic carbocycles. The Labute approximate surface area is 105 Å². The minimum absolute atomic E-state index is 0.0678. The van der Waals surface area contributed by atoms with Crippen molar-refractivity contribution in [3.05, 3.63) is 46.9 Å². The number of benzene rings is 1. The number of amides is 1. The maximum Gasteiger partial charge on any atom is 0.225 e. The monoisotopic (exact) mass is 247 g/mol. The van der Waals surface area contributed by atoms with Gasteiger partial charge in [-0.05, 0) is 31.5 Å². The van der Waals surface area contributed by atoms with Gasteiger partial charge >= 0.3 is 0 Å². The first-order valence-corrected chi connectivity index (χ1v) is 5.76. The Morgan fingerprint density at radius 2 is 1.94 bits per heavy atom. The number of halogens is 1. The molecule has 1 aromatic carbocycles. The highest BCUT2D eigenvalue weighted by Crippen LogP contribution is 2.33. The average Bonchev–Trinajstić information content (AvgIpc) is 2.28. The van der Waals surface area contributed by atoms with Crippen LogP contribution in [-0.4, -0.2) is 11.7 Å². The molecule has 1 heterocycles. The number of hydrogen-bond donors (Lipinski definition) is 1. The summed E-state index contributed by atoms with van der Waals surface area (Å²) in [4.78, 5) is 23.2. The lowest BCUT2D eigenvalue weighted by atomic mass is 9.83. The van der Waals surface area contributed by atoms with E-state index in [0.29, 0.717) is 11.3 Å². The second-order valence-electron chi connectivity index (χ2n) is 4.45. The summed E-state index contributed by atoms with van der Waals surface area (Å²) < 4.78 is 12.9. The van der Waals surface area contributed by atoms with Gasteiger partial charge in [0.15, 0.2) is 5.78 Å². The van der Waals surface area contributed by atoms with Gasteiger partial charge in [0.1, 0.15) is 5.82 Å². The molecule has 1 atom stereocenters. The Morgan fingerprint density at radius 1 is 1.33 bits per heavy atom. The number of allylic oxidation sites excluding steroid dienone is 2. The summed E-state index contributed by atoms with van der Waals surface area (Å²) in [5.74, 6) is -0.797. The Balaban J connectivity index is 2.46. The van der Waals surface area contributed by atoms with Crippen LogP contribution in [0.5, 0.6) is 0 Å². The molecule has 4 heteroatoms. The molecule has 18 heavy (non-hydrogen) atoms. The van der Waals surface area contributed by atoms with Crippen molar-refractivity contribution in [1.82, 2.24) is 5.32 Å². The molecule has 0 saturated carbocycles. The number of ketones is 1. The minimum Gasteiger partial charge on any atom is -0.330 e. The van der Waals surface area contributed by atoms with Crippen molar-refractivity contribution >= 4 is 11.7 Å². The largest absolute Gasteiger partial charge is 0.330 e. The average molecular weight is 247 g/mol. The molecular weight excluding hydrogens is 233 g/mol. The van der Waals surface area contributed by atoms with Crippen LogP contribution in [0.2, 0.25) is 0 Å². The first-order chi connectivity index (χ1) is 8.49. The molecule has 0 radical (unpaired) electrons. The normalized spacial score (nSPS) is 19.7. The Kier molecular flexibility index (Phi) is 3.28. The van der Waals surface area contributed by atoms with E-state index in [-0.39, 0.29) is 29.8 Å². The third kappa shape index (κ3) is 2.32. The predicted molar refractivity (Wildman–Crippen MR) is 65.3 cm³/mol. The van der Waals surface area contributed by atoms with Crippen LogP contribution in [0.15, 0.2) is 35.5 Å². The fraction of sp³-hybridized carbons (Fsp3) is 0.286. The van der Waals surface area contributed by atoms with Crippen molar-refractivity contribution in [3.63, 3.8) is 0 Å². The molecule has 0 aromatic heterocycles. The number of Topliss-reactive ketones (excluding diaryl/α,β-unsaturated/α-hetero) is 1. The molecule has 0 saturated heterocycles. The van der Waals surface area contributed by atoms with Gasteiger partial charge in [-0.1, -0.05) is 12.1 Å². The fourth-order valence-corrected chi connectivity index (χ4v) is 2.37. The van der Waals surface area contributed by atoms with E-state index >= 15 is 0 Å². The van der Waals surface area contributed by atoms with Gasteiger partial charge in [-0.3, -0.25) is 9.59 Å². The molecule has 0 unspecified atom stereocenters. The SMILES string of the molecule is CC(=O)C1=C(C)NC(=O)C[C@@H]1c1ccc(F)cc1. The van der Waals surface area contributed by atoms with Gasteiger partial charge in [0.2, 0.25) is 5.91 Å². The number of rotatable bonds is 2. The first-order valence-electron chi connectivity index (χ1n) is 5.76. The van der Waals surface area contributed by atoms with Gasteiger partial charge in [-0.25, -0.2) is 4.39 Å². The van der Waals surface area contributed by atoms with Crippen LogP contribution in [0, 0.1) is 5.82 Å². The fourth-order valence-electron chi connectivity index (χ4n) is 2.37. The van der Waals surface area contributed by atoms with E-state index in [1.165, 1.54) is 19.1 Å². The summed E-state index contributed by atoms with van der Waals surface area (Å²) in [5.41, 5.74) is 1.98. The maximum atomic E-state index is 12.9. The van der Waals surface area contributed by atoms with E-state index in [9.17, 15) is 14.0 Å². The second-order valence-corrected chi connectivity index (χ2v) is 4.45. The molecule has 1 aromatic rings. The topological polar surface area (TPSA) is 46.2 Å². The van der Waals surface area contributed by atoms with E-state index < -0.39 is 0 Å². The van der Waals surface area contributed by atoms with Crippen LogP contribution in [0.4, 0.5) is 4.39 Å². The number of carbonyl (C=O) groups is 2. The van der Waals surface area contributed by atoms with Crippen LogP contribution in [0.1, 0.15) is 31.7 Å². The third-order valence-electron chi connectivity index (χ3n) is 3.12. The summed E-state index contributed by atoms with van der Waals surface area (Å²) in [5, 5.41) is 2.67. The zero-order chi connectivity index (χ0) is 13.3. The molecule has 94 valence electrons. The zero-order valence-corrected chi connectivity index (χ0v) is 10.3. The summed E-state index contributed by atoms with van der Waals surface area (Å²) in [7, 11) is 0. The Hall–Kier alpha value is -1.97. The summed E-state index contributed by atoms with van der Waals surface area (Å²) in [6.07, 6.45) is 0.220. The molecule has 3 nitrogen and oxygen atoms in total. The standard InChI is InChI=1S/C14H14FNO2/c1-8-14(9(2)17)12(7-13(18)16-8)10-3-5-11(15)6-4-10/h3-6,12H,7H2,1-2H3,(H,16,18)/t12-/m1/s1. The number of nitrogens with one attached hydrogen (secondary N) is 1. The van der Waals surface area contributed by atoms with Crippen molar-refractivity contribution in [2.75, 3.05) is 0 Å². The van der Waals surface area contributed by atoms with Gasteiger partial charge in [-0.2, -0.15) is 0 Å². The van der Waals surface area contributed by atoms with Crippen molar-refractivity contribution in [1.29, 1.82) is 0 Å². The number of carbonyl (C=O) groups excluding carboxylic acids is 2. The van der Waals surface area contributed by atoms with E-state index in [0.717, 1.165) is 5.56 Å². The molecule has 2 rings (SSSR count). The molecule has 1 amide bonds. The van der Waals surface area contributed by atoms with Crippen molar-refractivity contribution < 1.29 is 14.0 Å².